The van der Waals surface area contributed by atoms with Crippen molar-refractivity contribution in [2.24, 2.45) is 0 Å². The lowest BCUT2D eigenvalue weighted by atomic mass is 10.4. The molecule has 0 saturated heterocycles. The second-order valence-electron chi connectivity index (χ2n) is 3.93. The van der Waals surface area contributed by atoms with Crippen molar-refractivity contribution in [3.8, 4) is 0 Å². The Morgan fingerprint density at radius 2 is 2.41 bits per heavy atom. The molecule has 0 saturated carbocycles. The third-order valence-electron chi connectivity index (χ3n) is 2.11. The van der Waals surface area contributed by atoms with E-state index < -0.39 is 0 Å². The van der Waals surface area contributed by atoms with Gasteiger partial charge in [0.25, 0.3) is 0 Å². The standard InChI is InChI=1S/C11H19N3O2S/c1-9(2)14-10(4-5-12-14)13-11(16)8-17-7-3-6-15/h4-5,9,15H,3,6-8H2,1-2H3,(H,13,16). The van der Waals surface area contributed by atoms with Gasteiger partial charge in [-0.05, 0) is 26.0 Å². The van der Waals surface area contributed by atoms with Gasteiger partial charge in [0.05, 0.1) is 11.9 Å². The minimum Gasteiger partial charge on any atom is -0.396 e. The molecule has 0 bridgehead atoms. The molecular formula is C11H19N3O2S. The van der Waals surface area contributed by atoms with E-state index in [2.05, 4.69) is 10.4 Å². The van der Waals surface area contributed by atoms with E-state index in [1.165, 1.54) is 11.8 Å². The van der Waals surface area contributed by atoms with E-state index in [1.807, 2.05) is 13.8 Å². The molecule has 0 unspecified atom stereocenters. The maximum absolute atomic E-state index is 11.6. The summed E-state index contributed by atoms with van der Waals surface area (Å²) in [7, 11) is 0. The highest BCUT2D eigenvalue weighted by atomic mass is 32.2. The van der Waals surface area contributed by atoms with Gasteiger partial charge < -0.3 is 10.4 Å². The average Bonchev–Trinajstić information content (AvgIpc) is 2.72. The van der Waals surface area contributed by atoms with E-state index in [4.69, 9.17) is 5.11 Å². The van der Waals surface area contributed by atoms with Crippen LogP contribution in [0.5, 0.6) is 0 Å². The van der Waals surface area contributed by atoms with Crippen LogP contribution in [0.1, 0.15) is 26.3 Å². The number of anilines is 1. The molecule has 0 atom stereocenters. The highest BCUT2D eigenvalue weighted by molar-refractivity contribution is 7.99. The first-order valence-corrected chi connectivity index (χ1v) is 6.82. The van der Waals surface area contributed by atoms with Crippen molar-refractivity contribution in [2.45, 2.75) is 26.3 Å². The van der Waals surface area contributed by atoms with Crippen LogP contribution in [-0.4, -0.2) is 38.9 Å². The minimum absolute atomic E-state index is 0.0321. The summed E-state index contributed by atoms with van der Waals surface area (Å²) in [6, 6.07) is 2.01. The van der Waals surface area contributed by atoms with Gasteiger partial charge in [-0.15, -0.1) is 0 Å². The van der Waals surface area contributed by atoms with Gasteiger partial charge >= 0.3 is 0 Å². The molecule has 17 heavy (non-hydrogen) atoms. The van der Waals surface area contributed by atoms with Crippen LogP contribution in [0, 0.1) is 0 Å². The van der Waals surface area contributed by atoms with Gasteiger partial charge in [-0.2, -0.15) is 16.9 Å². The fourth-order valence-electron chi connectivity index (χ4n) is 1.34. The molecule has 6 heteroatoms. The van der Waals surface area contributed by atoms with Crippen molar-refractivity contribution in [1.29, 1.82) is 0 Å². The van der Waals surface area contributed by atoms with Gasteiger partial charge in [0, 0.05) is 18.7 Å². The number of aromatic nitrogens is 2. The maximum atomic E-state index is 11.6. The zero-order valence-electron chi connectivity index (χ0n) is 10.2. The molecule has 0 aliphatic carbocycles. The van der Waals surface area contributed by atoms with Crippen molar-refractivity contribution in [1.82, 2.24) is 9.78 Å². The van der Waals surface area contributed by atoms with Crippen LogP contribution in [-0.2, 0) is 4.79 Å². The first kappa shape index (κ1) is 14.1. The molecule has 0 aliphatic heterocycles. The topological polar surface area (TPSA) is 67.2 Å². The summed E-state index contributed by atoms with van der Waals surface area (Å²) < 4.78 is 1.77. The van der Waals surface area contributed by atoms with E-state index in [1.54, 1.807) is 16.9 Å². The number of aliphatic hydroxyl groups is 1. The van der Waals surface area contributed by atoms with E-state index in [0.717, 1.165) is 18.0 Å². The Balaban J connectivity index is 2.37. The number of rotatable bonds is 7. The maximum Gasteiger partial charge on any atom is 0.235 e. The third kappa shape index (κ3) is 4.79. The second-order valence-corrected chi connectivity index (χ2v) is 5.04. The number of nitrogens with one attached hydrogen (secondary N) is 1. The first-order valence-electron chi connectivity index (χ1n) is 5.67. The number of nitrogens with zero attached hydrogens (tertiary/aromatic N) is 2. The fourth-order valence-corrected chi connectivity index (χ4v) is 2.07. The third-order valence-corrected chi connectivity index (χ3v) is 3.15. The molecule has 0 aliphatic rings. The minimum atomic E-state index is -0.0321. The normalized spacial score (nSPS) is 10.8. The molecule has 2 N–H and O–H groups in total. The molecule has 1 aromatic heterocycles. The Morgan fingerprint density at radius 3 is 3.06 bits per heavy atom. The van der Waals surface area contributed by atoms with Crippen LogP contribution in [0.4, 0.5) is 5.82 Å². The molecular weight excluding hydrogens is 238 g/mol. The van der Waals surface area contributed by atoms with E-state index in [0.29, 0.717) is 5.75 Å². The van der Waals surface area contributed by atoms with Crippen molar-refractivity contribution < 1.29 is 9.90 Å². The van der Waals surface area contributed by atoms with Crippen LogP contribution < -0.4 is 5.32 Å². The van der Waals surface area contributed by atoms with Crippen molar-refractivity contribution in [3.05, 3.63) is 12.3 Å². The van der Waals surface area contributed by atoms with Gasteiger partial charge in [0.1, 0.15) is 5.82 Å². The summed E-state index contributed by atoms with van der Waals surface area (Å²) in [5, 5.41) is 15.6. The van der Waals surface area contributed by atoms with Crippen molar-refractivity contribution in [3.63, 3.8) is 0 Å². The summed E-state index contributed by atoms with van der Waals surface area (Å²) in [4.78, 5) is 11.6. The average molecular weight is 257 g/mol. The number of thioether (sulfide) groups is 1. The molecule has 1 amide bonds. The molecule has 0 fully saturated rings. The zero-order valence-corrected chi connectivity index (χ0v) is 11.0. The Labute approximate surface area is 106 Å². The Bertz CT molecular complexity index is 352. The lowest BCUT2D eigenvalue weighted by molar-refractivity contribution is -0.113. The number of carbonyl (C=O) groups is 1. The molecule has 0 radical (unpaired) electrons. The Morgan fingerprint density at radius 1 is 1.65 bits per heavy atom. The molecule has 0 aromatic carbocycles. The van der Waals surface area contributed by atoms with Crippen LogP contribution in [0.3, 0.4) is 0 Å². The lowest BCUT2D eigenvalue weighted by Crippen LogP contribution is -2.18. The largest absolute Gasteiger partial charge is 0.396 e. The van der Waals surface area contributed by atoms with Gasteiger partial charge in [0.15, 0.2) is 0 Å². The predicted molar refractivity (Wildman–Crippen MR) is 70.3 cm³/mol. The molecule has 1 rings (SSSR count). The zero-order chi connectivity index (χ0) is 12.7. The van der Waals surface area contributed by atoms with Gasteiger partial charge in [-0.25, -0.2) is 4.68 Å². The number of amides is 1. The summed E-state index contributed by atoms with van der Waals surface area (Å²) in [6.45, 7) is 4.20. The molecule has 1 heterocycles. The highest BCUT2D eigenvalue weighted by Gasteiger charge is 2.09. The van der Waals surface area contributed by atoms with Crippen LogP contribution in [0.2, 0.25) is 0 Å². The Hall–Kier alpha value is -1.01. The van der Waals surface area contributed by atoms with Gasteiger partial charge in [-0.1, -0.05) is 0 Å². The highest BCUT2D eigenvalue weighted by Crippen LogP contribution is 2.13. The van der Waals surface area contributed by atoms with E-state index >= 15 is 0 Å². The molecule has 5 nitrogen and oxygen atoms in total. The van der Waals surface area contributed by atoms with Gasteiger partial charge in [-0.3, -0.25) is 4.79 Å². The molecule has 0 spiro atoms. The second kappa shape index (κ2) is 7.34. The van der Waals surface area contributed by atoms with Crippen LogP contribution in [0.15, 0.2) is 12.3 Å². The summed E-state index contributed by atoms with van der Waals surface area (Å²) in [5.41, 5.74) is 0. The lowest BCUT2D eigenvalue weighted by Gasteiger charge is -2.11. The number of hydrogen-bond acceptors (Lipinski definition) is 4. The van der Waals surface area contributed by atoms with Gasteiger partial charge in [0.2, 0.25) is 5.91 Å². The summed E-state index contributed by atoms with van der Waals surface area (Å²) in [5.74, 6) is 1.90. The quantitative estimate of drug-likeness (QED) is 0.727. The monoisotopic (exact) mass is 257 g/mol. The predicted octanol–water partition coefficient (Wildman–Crippen LogP) is 1.52. The smallest absolute Gasteiger partial charge is 0.235 e. The fraction of sp³-hybridized carbons (Fsp3) is 0.636. The van der Waals surface area contributed by atoms with Crippen LogP contribution in [0.25, 0.3) is 0 Å². The van der Waals surface area contributed by atoms with E-state index in [9.17, 15) is 4.79 Å². The van der Waals surface area contributed by atoms with Crippen LogP contribution >= 0.6 is 11.8 Å². The number of carbonyl (C=O) groups excluding carboxylic acids is 1. The van der Waals surface area contributed by atoms with Crippen molar-refractivity contribution in [2.75, 3.05) is 23.4 Å². The first-order chi connectivity index (χ1) is 8.15. The SMILES string of the molecule is CC(C)n1nccc1NC(=O)CSCCCO. The summed E-state index contributed by atoms with van der Waals surface area (Å²) in [6.07, 6.45) is 2.40. The molecule has 96 valence electrons. The van der Waals surface area contributed by atoms with E-state index in [-0.39, 0.29) is 18.6 Å². The number of aliphatic hydroxyl groups excluding tert-OH is 1. The number of hydrogen-bond donors (Lipinski definition) is 2. The molecule has 1 aromatic rings. The Kier molecular flexibility index (Phi) is 6.07. The van der Waals surface area contributed by atoms with Crippen molar-refractivity contribution >= 4 is 23.5 Å². The summed E-state index contributed by atoms with van der Waals surface area (Å²) >= 11 is 1.52.